The van der Waals surface area contributed by atoms with Crippen LogP contribution in [0.1, 0.15) is 29.2 Å². The monoisotopic (exact) mass is 467 g/mol. The highest BCUT2D eigenvalue weighted by Gasteiger charge is 2.32. The van der Waals surface area contributed by atoms with Gasteiger partial charge in [-0.3, -0.25) is 4.90 Å². The van der Waals surface area contributed by atoms with Crippen LogP contribution in [0.5, 0.6) is 11.6 Å². The number of fused-ring (bicyclic) bond motifs is 1. The van der Waals surface area contributed by atoms with Crippen molar-refractivity contribution in [2.24, 2.45) is 0 Å². The van der Waals surface area contributed by atoms with Crippen molar-refractivity contribution >= 4 is 22.0 Å². The summed E-state index contributed by atoms with van der Waals surface area (Å²) in [6.45, 7) is 4.81. The standard InChI is InChI=1S/C24H26FN5O2S/c1-3-20-26-24-30(27-20)23(31)22(33-24)21(16-8-10-17(32-2)11-9-16)29-14-12-28(13-15-29)19-7-5-4-6-18(19)25/h4-11,21,31H,3,12-15H2,1-2H3/t21-/m0/s1. The molecule has 7 nitrogen and oxygen atoms in total. The summed E-state index contributed by atoms with van der Waals surface area (Å²) in [6.07, 6.45) is 0.711. The van der Waals surface area contributed by atoms with Crippen molar-refractivity contribution < 1.29 is 14.2 Å². The third kappa shape index (κ3) is 4.02. The topological polar surface area (TPSA) is 66.1 Å². The lowest BCUT2D eigenvalue weighted by molar-refractivity contribution is 0.210. The Labute approximate surface area is 195 Å². The Morgan fingerprint density at radius 1 is 1.09 bits per heavy atom. The molecule has 1 saturated heterocycles. The van der Waals surface area contributed by atoms with Crippen LogP contribution < -0.4 is 9.64 Å². The Morgan fingerprint density at radius 3 is 2.45 bits per heavy atom. The van der Waals surface area contributed by atoms with Crippen LogP contribution in [0.3, 0.4) is 0 Å². The largest absolute Gasteiger partial charge is 0.497 e. The molecule has 1 aliphatic rings. The van der Waals surface area contributed by atoms with E-state index in [-0.39, 0.29) is 17.7 Å². The average molecular weight is 468 g/mol. The molecule has 1 fully saturated rings. The predicted molar refractivity (Wildman–Crippen MR) is 127 cm³/mol. The van der Waals surface area contributed by atoms with Crippen LogP contribution >= 0.6 is 11.3 Å². The summed E-state index contributed by atoms with van der Waals surface area (Å²) < 4.78 is 21.2. The quantitative estimate of drug-likeness (QED) is 0.460. The summed E-state index contributed by atoms with van der Waals surface area (Å²) in [7, 11) is 1.64. The first-order valence-corrected chi connectivity index (χ1v) is 11.9. The van der Waals surface area contributed by atoms with Crippen molar-refractivity contribution in [2.45, 2.75) is 19.4 Å². The van der Waals surface area contributed by atoms with E-state index >= 15 is 0 Å². The molecule has 2 aromatic heterocycles. The molecule has 0 bridgehead atoms. The molecule has 1 aliphatic heterocycles. The molecular weight excluding hydrogens is 441 g/mol. The number of para-hydroxylation sites is 1. The van der Waals surface area contributed by atoms with Gasteiger partial charge in [-0.15, -0.1) is 5.10 Å². The number of hydrogen-bond acceptors (Lipinski definition) is 7. The van der Waals surface area contributed by atoms with Crippen LogP contribution in [-0.2, 0) is 6.42 Å². The fourth-order valence-corrected chi connectivity index (χ4v) is 5.50. The van der Waals surface area contributed by atoms with Gasteiger partial charge in [-0.2, -0.15) is 4.52 Å². The third-order valence-electron chi connectivity index (χ3n) is 6.11. The molecule has 172 valence electrons. The Morgan fingerprint density at radius 2 is 1.82 bits per heavy atom. The fourth-order valence-electron chi connectivity index (χ4n) is 4.36. The molecule has 3 heterocycles. The van der Waals surface area contributed by atoms with Crippen LogP contribution in [0.15, 0.2) is 48.5 Å². The Hall–Kier alpha value is -3.17. The molecule has 5 rings (SSSR count). The highest BCUT2D eigenvalue weighted by Crippen LogP contribution is 2.41. The van der Waals surface area contributed by atoms with E-state index in [1.165, 1.54) is 21.9 Å². The molecular formula is C24H26FN5O2S. The molecule has 0 amide bonds. The number of rotatable bonds is 6. The number of hydrogen-bond donors (Lipinski definition) is 1. The van der Waals surface area contributed by atoms with Gasteiger partial charge < -0.3 is 14.7 Å². The first-order chi connectivity index (χ1) is 16.1. The zero-order valence-corrected chi connectivity index (χ0v) is 19.4. The maximum absolute atomic E-state index is 14.3. The summed E-state index contributed by atoms with van der Waals surface area (Å²) in [5.41, 5.74) is 1.68. The maximum Gasteiger partial charge on any atom is 0.230 e. The van der Waals surface area contributed by atoms with Gasteiger partial charge in [-0.25, -0.2) is 9.37 Å². The summed E-state index contributed by atoms with van der Waals surface area (Å²) in [4.78, 5) is 10.4. The lowest BCUT2D eigenvalue weighted by Gasteiger charge is -2.40. The van der Waals surface area contributed by atoms with E-state index in [1.807, 2.05) is 43.3 Å². The maximum atomic E-state index is 14.3. The van der Waals surface area contributed by atoms with Crippen molar-refractivity contribution in [3.63, 3.8) is 0 Å². The smallest absolute Gasteiger partial charge is 0.230 e. The molecule has 0 aliphatic carbocycles. The molecule has 0 radical (unpaired) electrons. The van der Waals surface area contributed by atoms with E-state index in [2.05, 4.69) is 19.9 Å². The molecule has 0 saturated carbocycles. The van der Waals surface area contributed by atoms with E-state index < -0.39 is 0 Å². The van der Waals surface area contributed by atoms with Gasteiger partial charge in [0, 0.05) is 32.6 Å². The van der Waals surface area contributed by atoms with Crippen molar-refractivity contribution in [1.82, 2.24) is 19.5 Å². The summed E-state index contributed by atoms with van der Waals surface area (Å²) in [6, 6.07) is 14.6. The summed E-state index contributed by atoms with van der Waals surface area (Å²) in [5.74, 6) is 1.41. The van der Waals surface area contributed by atoms with Crippen LogP contribution in [0.25, 0.3) is 4.96 Å². The van der Waals surface area contributed by atoms with E-state index in [0.29, 0.717) is 36.0 Å². The molecule has 1 atom stereocenters. The van der Waals surface area contributed by atoms with E-state index in [9.17, 15) is 9.50 Å². The van der Waals surface area contributed by atoms with Crippen molar-refractivity contribution in [2.75, 3.05) is 38.2 Å². The lowest BCUT2D eigenvalue weighted by Crippen LogP contribution is -2.48. The van der Waals surface area contributed by atoms with Gasteiger partial charge in [0.15, 0.2) is 5.82 Å². The number of halogens is 1. The molecule has 4 aromatic rings. The molecule has 33 heavy (non-hydrogen) atoms. The minimum Gasteiger partial charge on any atom is -0.497 e. The van der Waals surface area contributed by atoms with Crippen LogP contribution in [0.4, 0.5) is 10.1 Å². The minimum absolute atomic E-state index is 0.125. The second-order valence-electron chi connectivity index (χ2n) is 8.02. The molecule has 9 heteroatoms. The Kier molecular flexibility index (Phi) is 5.90. The number of piperazine rings is 1. The average Bonchev–Trinajstić information content (AvgIpc) is 3.39. The predicted octanol–water partition coefficient (Wildman–Crippen LogP) is 4.12. The van der Waals surface area contributed by atoms with E-state index in [4.69, 9.17) is 4.74 Å². The van der Waals surface area contributed by atoms with Gasteiger partial charge in [0.05, 0.1) is 23.7 Å². The molecule has 0 unspecified atom stereocenters. The van der Waals surface area contributed by atoms with Gasteiger partial charge in [0.25, 0.3) is 0 Å². The first-order valence-electron chi connectivity index (χ1n) is 11.0. The third-order valence-corrected chi connectivity index (χ3v) is 7.18. The normalized spacial score (nSPS) is 15.8. The number of nitrogens with zero attached hydrogens (tertiary/aromatic N) is 5. The minimum atomic E-state index is -0.201. The first kappa shape index (κ1) is 21.7. The number of ether oxygens (including phenoxy) is 1. The molecule has 0 spiro atoms. The van der Waals surface area contributed by atoms with Gasteiger partial charge in [-0.1, -0.05) is 42.5 Å². The highest BCUT2D eigenvalue weighted by atomic mass is 32.1. The van der Waals surface area contributed by atoms with Gasteiger partial charge in [0.2, 0.25) is 10.8 Å². The van der Waals surface area contributed by atoms with Crippen LogP contribution in [0, 0.1) is 5.82 Å². The number of aromatic hydroxyl groups is 1. The van der Waals surface area contributed by atoms with E-state index in [1.54, 1.807) is 13.2 Å². The number of methoxy groups -OCH3 is 1. The van der Waals surface area contributed by atoms with Gasteiger partial charge >= 0.3 is 0 Å². The van der Waals surface area contributed by atoms with Crippen LogP contribution in [-0.4, -0.2) is 57.9 Å². The summed E-state index contributed by atoms with van der Waals surface area (Å²) >= 11 is 1.46. The number of aryl methyl sites for hydroxylation is 1. The van der Waals surface area contributed by atoms with Crippen LogP contribution in [0.2, 0.25) is 0 Å². The SMILES string of the molecule is CCc1nc2sc([C@H](c3ccc(OC)cc3)N3CCN(c4ccccc4F)CC3)c(O)n2n1. The Balaban J connectivity index is 1.48. The van der Waals surface area contributed by atoms with Crippen molar-refractivity contribution in [3.05, 3.63) is 70.6 Å². The number of benzene rings is 2. The van der Waals surface area contributed by atoms with Gasteiger partial charge in [-0.05, 0) is 29.8 Å². The van der Waals surface area contributed by atoms with Crippen molar-refractivity contribution in [3.8, 4) is 11.6 Å². The number of thiazole rings is 1. The number of anilines is 1. The zero-order chi connectivity index (χ0) is 22.9. The lowest BCUT2D eigenvalue weighted by atomic mass is 10.0. The second kappa shape index (κ2) is 8.99. The summed E-state index contributed by atoms with van der Waals surface area (Å²) in [5, 5.41) is 15.5. The molecule has 1 N–H and O–H groups in total. The Bertz CT molecular complexity index is 1250. The van der Waals surface area contributed by atoms with Gasteiger partial charge in [0.1, 0.15) is 11.6 Å². The second-order valence-corrected chi connectivity index (χ2v) is 9.03. The highest BCUT2D eigenvalue weighted by molar-refractivity contribution is 7.17. The molecule has 2 aromatic carbocycles. The zero-order valence-electron chi connectivity index (χ0n) is 18.6. The fraction of sp³-hybridized carbons (Fsp3) is 0.333. The number of aromatic nitrogens is 3. The van der Waals surface area contributed by atoms with E-state index in [0.717, 1.165) is 29.3 Å². The van der Waals surface area contributed by atoms with Crippen molar-refractivity contribution in [1.29, 1.82) is 0 Å².